The number of halogens is 2. The molecule has 0 amide bonds. The summed E-state index contributed by atoms with van der Waals surface area (Å²) in [5.74, 6) is -3.96. The number of benzene rings is 3. The highest BCUT2D eigenvalue weighted by atomic mass is 19.1. The third-order valence-electron chi connectivity index (χ3n) is 4.93. The molecule has 1 aromatic heterocycles. The Kier molecular flexibility index (Phi) is 5.89. The van der Waals surface area contributed by atoms with Crippen molar-refractivity contribution in [3.8, 4) is 11.1 Å². The predicted octanol–water partition coefficient (Wildman–Crippen LogP) is 5.32. The first kappa shape index (κ1) is 21.1. The number of ether oxygens (including phenoxy) is 2. The van der Waals surface area contributed by atoms with Crippen molar-refractivity contribution < 1.29 is 27.8 Å². The van der Waals surface area contributed by atoms with E-state index in [1.807, 2.05) is 42.5 Å². The quantitative estimate of drug-likeness (QED) is 0.399. The van der Waals surface area contributed by atoms with Crippen molar-refractivity contribution in [1.82, 2.24) is 4.98 Å². The van der Waals surface area contributed by atoms with Crippen molar-refractivity contribution in [2.75, 3.05) is 7.11 Å². The van der Waals surface area contributed by atoms with E-state index in [0.29, 0.717) is 16.5 Å². The number of para-hydroxylation sites is 1. The molecule has 1 heterocycles. The molecule has 160 valence electrons. The van der Waals surface area contributed by atoms with Gasteiger partial charge in [0.05, 0.1) is 23.9 Å². The molecule has 0 aliphatic heterocycles. The summed E-state index contributed by atoms with van der Waals surface area (Å²) < 4.78 is 38.0. The number of fused-ring (bicyclic) bond motifs is 1. The van der Waals surface area contributed by atoms with Gasteiger partial charge in [0.1, 0.15) is 23.8 Å². The van der Waals surface area contributed by atoms with Crippen LogP contribution in [0.5, 0.6) is 0 Å². The van der Waals surface area contributed by atoms with Gasteiger partial charge in [-0.1, -0.05) is 54.6 Å². The van der Waals surface area contributed by atoms with Crippen LogP contribution in [0, 0.1) is 11.6 Å². The maximum atomic E-state index is 14.0. The fourth-order valence-electron chi connectivity index (χ4n) is 3.49. The SMILES string of the molecule is COC(=O)c1c(COC(=O)c2c(F)cccc2F)nc2ccccc2c1-c1ccccc1. The first-order chi connectivity index (χ1) is 15.5. The molecule has 0 fully saturated rings. The summed E-state index contributed by atoms with van der Waals surface area (Å²) in [5, 5.41) is 0.703. The second kappa shape index (κ2) is 8.93. The minimum Gasteiger partial charge on any atom is -0.465 e. The van der Waals surface area contributed by atoms with Gasteiger partial charge in [-0.15, -0.1) is 0 Å². The number of pyridine rings is 1. The highest BCUT2D eigenvalue weighted by molar-refractivity contribution is 6.07. The average molecular weight is 433 g/mol. The van der Waals surface area contributed by atoms with Crippen LogP contribution in [0.2, 0.25) is 0 Å². The fourth-order valence-corrected chi connectivity index (χ4v) is 3.49. The molecule has 0 bridgehead atoms. The van der Waals surface area contributed by atoms with Crippen molar-refractivity contribution in [2.24, 2.45) is 0 Å². The van der Waals surface area contributed by atoms with Gasteiger partial charge in [0.2, 0.25) is 0 Å². The molecule has 0 spiro atoms. The molecule has 0 aliphatic rings. The Labute approximate surface area is 182 Å². The third-order valence-corrected chi connectivity index (χ3v) is 4.93. The van der Waals surface area contributed by atoms with Crippen molar-refractivity contribution >= 4 is 22.8 Å². The van der Waals surface area contributed by atoms with E-state index in [-0.39, 0.29) is 11.3 Å². The Hall–Kier alpha value is -4.13. The number of carbonyl (C=O) groups is 2. The standard InChI is InChI=1S/C25H17F2NO4/c1-31-24(29)23-20(14-32-25(30)22-17(26)11-7-12-18(22)27)28-19-13-6-5-10-16(19)21(23)15-8-3-2-4-9-15/h2-13H,14H2,1H3. The number of aromatic nitrogens is 1. The summed E-state index contributed by atoms with van der Waals surface area (Å²) in [6, 6.07) is 19.4. The second-order valence-electron chi connectivity index (χ2n) is 6.86. The van der Waals surface area contributed by atoms with Crippen LogP contribution in [0.15, 0.2) is 72.8 Å². The number of esters is 2. The van der Waals surface area contributed by atoms with Gasteiger partial charge in [0, 0.05) is 10.9 Å². The van der Waals surface area contributed by atoms with Crippen LogP contribution in [-0.2, 0) is 16.1 Å². The van der Waals surface area contributed by atoms with Crippen LogP contribution in [0.1, 0.15) is 26.4 Å². The summed E-state index contributed by atoms with van der Waals surface area (Å²) in [6.45, 7) is -0.484. The van der Waals surface area contributed by atoms with Gasteiger partial charge in [-0.05, 0) is 23.8 Å². The van der Waals surface area contributed by atoms with Crippen molar-refractivity contribution in [1.29, 1.82) is 0 Å². The Bertz CT molecular complexity index is 1300. The monoisotopic (exact) mass is 433 g/mol. The zero-order chi connectivity index (χ0) is 22.7. The smallest absolute Gasteiger partial charge is 0.344 e. The van der Waals surface area contributed by atoms with Gasteiger partial charge >= 0.3 is 11.9 Å². The van der Waals surface area contributed by atoms with Crippen LogP contribution in [0.4, 0.5) is 8.78 Å². The molecule has 5 nitrogen and oxygen atoms in total. The van der Waals surface area contributed by atoms with E-state index in [1.165, 1.54) is 7.11 Å². The van der Waals surface area contributed by atoms with Gasteiger partial charge in [0.25, 0.3) is 0 Å². The highest BCUT2D eigenvalue weighted by Crippen LogP contribution is 2.34. The van der Waals surface area contributed by atoms with Crippen molar-refractivity contribution in [3.63, 3.8) is 0 Å². The molecule has 0 radical (unpaired) electrons. The van der Waals surface area contributed by atoms with Gasteiger partial charge in [0.15, 0.2) is 0 Å². The van der Waals surface area contributed by atoms with Crippen LogP contribution >= 0.6 is 0 Å². The van der Waals surface area contributed by atoms with E-state index in [1.54, 1.807) is 12.1 Å². The lowest BCUT2D eigenvalue weighted by molar-refractivity contribution is 0.0445. The van der Waals surface area contributed by atoms with Crippen molar-refractivity contribution in [2.45, 2.75) is 6.61 Å². The van der Waals surface area contributed by atoms with Crippen molar-refractivity contribution in [3.05, 3.63) is 101 Å². The topological polar surface area (TPSA) is 65.5 Å². The maximum Gasteiger partial charge on any atom is 0.344 e. The normalized spacial score (nSPS) is 10.7. The van der Waals surface area contributed by atoms with E-state index >= 15 is 0 Å². The zero-order valence-corrected chi connectivity index (χ0v) is 17.0. The van der Waals surface area contributed by atoms with Gasteiger partial charge in [-0.3, -0.25) is 0 Å². The van der Waals surface area contributed by atoms with Gasteiger partial charge in [-0.25, -0.2) is 23.4 Å². The lowest BCUT2D eigenvalue weighted by Crippen LogP contribution is -2.15. The Morgan fingerprint density at radius 2 is 1.47 bits per heavy atom. The van der Waals surface area contributed by atoms with E-state index in [0.717, 1.165) is 23.8 Å². The molecule has 0 aliphatic carbocycles. The summed E-state index contributed by atoms with van der Waals surface area (Å²) in [7, 11) is 1.23. The number of hydrogen-bond donors (Lipinski definition) is 0. The Morgan fingerprint density at radius 1 is 0.812 bits per heavy atom. The van der Waals surface area contributed by atoms with E-state index < -0.39 is 35.7 Å². The Morgan fingerprint density at radius 3 is 2.16 bits per heavy atom. The molecule has 4 aromatic rings. The minimum atomic E-state index is -1.20. The maximum absolute atomic E-state index is 14.0. The lowest BCUT2D eigenvalue weighted by atomic mass is 9.94. The molecule has 0 N–H and O–H groups in total. The third kappa shape index (κ3) is 3.92. The second-order valence-corrected chi connectivity index (χ2v) is 6.86. The molecule has 32 heavy (non-hydrogen) atoms. The molecule has 3 aromatic carbocycles. The summed E-state index contributed by atoms with van der Waals surface area (Å²) in [6.07, 6.45) is 0. The summed E-state index contributed by atoms with van der Waals surface area (Å²) in [5.41, 5.74) is 1.27. The number of hydrogen-bond acceptors (Lipinski definition) is 5. The zero-order valence-electron chi connectivity index (χ0n) is 17.0. The summed E-state index contributed by atoms with van der Waals surface area (Å²) in [4.78, 5) is 29.6. The number of rotatable bonds is 5. The number of carbonyl (C=O) groups excluding carboxylic acids is 2. The van der Waals surface area contributed by atoms with Crippen LogP contribution in [-0.4, -0.2) is 24.0 Å². The van der Waals surface area contributed by atoms with Crippen LogP contribution in [0.25, 0.3) is 22.0 Å². The predicted molar refractivity (Wildman–Crippen MR) is 114 cm³/mol. The van der Waals surface area contributed by atoms with Gasteiger partial charge < -0.3 is 9.47 Å². The molecule has 0 saturated heterocycles. The number of methoxy groups -OCH3 is 1. The molecule has 4 rings (SSSR count). The largest absolute Gasteiger partial charge is 0.465 e. The molecular weight excluding hydrogens is 416 g/mol. The molecular formula is C25H17F2NO4. The molecule has 7 heteroatoms. The van der Waals surface area contributed by atoms with Crippen LogP contribution < -0.4 is 0 Å². The molecule has 0 saturated carbocycles. The van der Waals surface area contributed by atoms with Gasteiger partial charge in [-0.2, -0.15) is 0 Å². The van der Waals surface area contributed by atoms with Crippen LogP contribution in [0.3, 0.4) is 0 Å². The highest BCUT2D eigenvalue weighted by Gasteiger charge is 2.25. The first-order valence-corrected chi connectivity index (χ1v) is 9.67. The lowest BCUT2D eigenvalue weighted by Gasteiger charge is -2.16. The summed E-state index contributed by atoms with van der Waals surface area (Å²) >= 11 is 0. The average Bonchev–Trinajstić information content (AvgIpc) is 2.81. The van der Waals surface area contributed by atoms with E-state index in [9.17, 15) is 18.4 Å². The molecule has 0 atom stereocenters. The minimum absolute atomic E-state index is 0.110. The fraction of sp³-hybridized carbons (Fsp3) is 0.0800. The van der Waals surface area contributed by atoms with E-state index in [2.05, 4.69) is 4.98 Å². The number of nitrogens with zero attached hydrogens (tertiary/aromatic N) is 1. The van der Waals surface area contributed by atoms with E-state index in [4.69, 9.17) is 9.47 Å². The molecule has 0 unspecified atom stereocenters. The Balaban J connectivity index is 1.84. The first-order valence-electron chi connectivity index (χ1n) is 9.67.